The summed E-state index contributed by atoms with van der Waals surface area (Å²) >= 11 is 3.61. The molecule has 0 unspecified atom stereocenters. The molecule has 1 aliphatic rings. The quantitative estimate of drug-likeness (QED) is 0.874. The predicted molar refractivity (Wildman–Crippen MR) is 91.2 cm³/mol. The summed E-state index contributed by atoms with van der Waals surface area (Å²) in [7, 11) is 0. The summed E-state index contributed by atoms with van der Waals surface area (Å²) in [5.74, 6) is 0.989. The number of amides is 2. The Kier molecular flexibility index (Phi) is 4.22. The number of benzene rings is 1. The van der Waals surface area contributed by atoms with Gasteiger partial charge in [0.15, 0.2) is 0 Å². The lowest BCUT2D eigenvalue weighted by atomic mass is 10.2. The molecule has 0 radical (unpaired) electrons. The molecule has 1 atom stereocenters. The van der Waals surface area contributed by atoms with E-state index in [4.69, 9.17) is 0 Å². The Balaban J connectivity index is 1.74. The van der Waals surface area contributed by atoms with Crippen LogP contribution in [0.4, 0.5) is 10.5 Å². The molecule has 2 amide bonds. The number of urea groups is 1. The van der Waals surface area contributed by atoms with E-state index in [1.807, 2.05) is 47.9 Å². The van der Waals surface area contributed by atoms with Crippen LogP contribution in [0, 0.1) is 13.8 Å². The maximum atomic E-state index is 12.5. The summed E-state index contributed by atoms with van der Waals surface area (Å²) in [6, 6.07) is 12.2. The first kappa shape index (κ1) is 14.5. The highest BCUT2D eigenvalue weighted by Crippen LogP contribution is 2.41. The third-order valence-electron chi connectivity index (χ3n) is 3.43. The van der Waals surface area contributed by atoms with Crippen molar-refractivity contribution in [2.45, 2.75) is 19.2 Å². The Morgan fingerprint density at radius 2 is 2.14 bits per heavy atom. The van der Waals surface area contributed by atoms with Gasteiger partial charge in [-0.25, -0.2) is 4.79 Å². The average Bonchev–Trinajstić information content (AvgIpc) is 3.06. The van der Waals surface area contributed by atoms with E-state index in [1.54, 1.807) is 11.3 Å². The van der Waals surface area contributed by atoms with Crippen LogP contribution in [0.1, 0.15) is 20.7 Å². The number of nitrogens with one attached hydrogen (secondary N) is 1. The number of nitrogens with zero attached hydrogens (tertiary/aromatic N) is 1. The molecular weight excluding hydrogens is 300 g/mol. The standard InChI is InChI=1S/C16H18N2OS2/c1-11-4-3-5-13(10-11)17-16(19)18-8-9-20-15(18)14-7-6-12(2)21-14/h3-7,10,15H,8-9H2,1-2H3,(H,17,19)/t15-/m1/s1. The van der Waals surface area contributed by atoms with Gasteiger partial charge in [-0.2, -0.15) is 0 Å². The van der Waals surface area contributed by atoms with Crippen LogP contribution in [0.15, 0.2) is 36.4 Å². The van der Waals surface area contributed by atoms with Crippen molar-refractivity contribution in [2.24, 2.45) is 0 Å². The first-order valence-corrected chi connectivity index (χ1v) is 8.82. The van der Waals surface area contributed by atoms with Crippen molar-refractivity contribution in [2.75, 3.05) is 17.6 Å². The van der Waals surface area contributed by atoms with Gasteiger partial charge in [0.05, 0.1) is 0 Å². The van der Waals surface area contributed by atoms with Gasteiger partial charge in [-0.15, -0.1) is 23.1 Å². The molecule has 3 nitrogen and oxygen atoms in total. The highest BCUT2D eigenvalue weighted by Gasteiger charge is 2.31. The van der Waals surface area contributed by atoms with Crippen LogP contribution in [0.5, 0.6) is 0 Å². The first-order chi connectivity index (χ1) is 10.1. The Morgan fingerprint density at radius 1 is 1.29 bits per heavy atom. The number of anilines is 1. The van der Waals surface area contributed by atoms with Crippen molar-refractivity contribution < 1.29 is 4.79 Å². The van der Waals surface area contributed by atoms with Gasteiger partial charge in [0, 0.05) is 27.7 Å². The van der Waals surface area contributed by atoms with Gasteiger partial charge in [0.1, 0.15) is 5.37 Å². The van der Waals surface area contributed by atoms with Crippen LogP contribution >= 0.6 is 23.1 Å². The van der Waals surface area contributed by atoms with Gasteiger partial charge in [-0.1, -0.05) is 12.1 Å². The van der Waals surface area contributed by atoms with E-state index in [9.17, 15) is 4.79 Å². The maximum Gasteiger partial charge on any atom is 0.323 e. The molecule has 110 valence electrons. The molecule has 0 spiro atoms. The van der Waals surface area contributed by atoms with E-state index in [2.05, 4.69) is 24.4 Å². The zero-order chi connectivity index (χ0) is 14.8. The van der Waals surface area contributed by atoms with E-state index in [0.717, 1.165) is 23.5 Å². The topological polar surface area (TPSA) is 32.3 Å². The van der Waals surface area contributed by atoms with Gasteiger partial charge < -0.3 is 10.2 Å². The molecule has 1 N–H and O–H groups in total. The number of aryl methyl sites for hydroxylation is 2. The van der Waals surface area contributed by atoms with E-state index in [-0.39, 0.29) is 11.4 Å². The fourth-order valence-corrected chi connectivity index (χ4v) is 4.79. The number of carbonyl (C=O) groups excluding carboxylic acids is 1. The predicted octanol–water partition coefficient (Wildman–Crippen LogP) is 4.64. The first-order valence-electron chi connectivity index (χ1n) is 6.96. The van der Waals surface area contributed by atoms with Crippen LogP contribution in [0.3, 0.4) is 0 Å². The number of hydrogen-bond acceptors (Lipinski definition) is 3. The molecule has 1 aromatic carbocycles. The lowest BCUT2D eigenvalue weighted by molar-refractivity contribution is 0.215. The summed E-state index contributed by atoms with van der Waals surface area (Å²) in [6.45, 7) is 4.92. The molecule has 5 heteroatoms. The molecule has 2 aromatic rings. The number of thiophene rings is 1. The zero-order valence-electron chi connectivity index (χ0n) is 12.1. The molecule has 2 heterocycles. The van der Waals surface area contributed by atoms with Crippen LogP contribution < -0.4 is 5.32 Å². The molecule has 0 saturated carbocycles. The smallest absolute Gasteiger partial charge is 0.308 e. The second kappa shape index (κ2) is 6.12. The Labute approximate surface area is 133 Å². The van der Waals surface area contributed by atoms with Crippen molar-refractivity contribution in [3.63, 3.8) is 0 Å². The fraction of sp³-hybridized carbons (Fsp3) is 0.312. The largest absolute Gasteiger partial charge is 0.323 e. The van der Waals surface area contributed by atoms with Crippen LogP contribution in [-0.4, -0.2) is 23.2 Å². The summed E-state index contributed by atoms with van der Waals surface area (Å²) in [5, 5.41) is 3.16. The van der Waals surface area contributed by atoms with Gasteiger partial charge in [0.25, 0.3) is 0 Å². The summed E-state index contributed by atoms with van der Waals surface area (Å²) < 4.78 is 0. The third kappa shape index (κ3) is 3.24. The van der Waals surface area contributed by atoms with Crippen molar-refractivity contribution in [3.05, 3.63) is 51.7 Å². The van der Waals surface area contributed by atoms with Crippen molar-refractivity contribution >= 4 is 34.8 Å². The molecule has 0 aliphatic carbocycles. The number of carbonyl (C=O) groups is 1. The van der Waals surface area contributed by atoms with Crippen molar-refractivity contribution in [3.8, 4) is 0 Å². The summed E-state index contributed by atoms with van der Waals surface area (Å²) in [5.41, 5.74) is 2.01. The molecule has 0 bridgehead atoms. The van der Waals surface area contributed by atoms with Crippen LogP contribution in [0.25, 0.3) is 0 Å². The zero-order valence-corrected chi connectivity index (χ0v) is 13.8. The Bertz CT molecular complexity index is 653. The van der Waals surface area contributed by atoms with E-state index < -0.39 is 0 Å². The SMILES string of the molecule is Cc1cccc(NC(=O)N2CCS[C@@H]2c2ccc(C)s2)c1. The van der Waals surface area contributed by atoms with Crippen LogP contribution in [0.2, 0.25) is 0 Å². The maximum absolute atomic E-state index is 12.5. The van der Waals surface area contributed by atoms with Gasteiger partial charge in [-0.3, -0.25) is 0 Å². The molecule has 3 rings (SSSR count). The third-order valence-corrected chi connectivity index (χ3v) is 5.87. The van der Waals surface area contributed by atoms with E-state index >= 15 is 0 Å². The highest BCUT2D eigenvalue weighted by atomic mass is 32.2. The monoisotopic (exact) mass is 318 g/mol. The minimum absolute atomic E-state index is 0.0124. The number of rotatable bonds is 2. The molecule has 1 fully saturated rings. The second-order valence-electron chi connectivity index (χ2n) is 5.16. The normalized spacial score (nSPS) is 18.0. The van der Waals surface area contributed by atoms with E-state index in [0.29, 0.717) is 0 Å². The highest BCUT2D eigenvalue weighted by molar-refractivity contribution is 7.99. The Morgan fingerprint density at radius 3 is 2.86 bits per heavy atom. The van der Waals surface area contributed by atoms with Gasteiger partial charge in [0.2, 0.25) is 0 Å². The molecule has 21 heavy (non-hydrogen) atoms. The average molecular weight is 318 g/mol. The molecule has 1 saturated heterocycles. The number of thioether (sulfide) groups is 1. The minimum Gasteiger partial charge on any atom is -0.308 e. The van der Waals surface area contributed by atoms with E-state index in [1.165, 1.54) is 9.75 Å². The number of hydrogen-bond donors (Lipinski definition) is 1. The van der Waals surface area contributed by atoms with Crippen LogP contribution in [-0.2, 0) is 0 Å². The van der Waals surface area contributed by atoms with Gasteiger partial charge >= 0.3 is 6.03 Å². The molecule has 1 aromatic heterocycles. The molecule has 1 aliphatic heterocycles. The molecular formula is C16H18N2OS2. The fourth-order valence-electron chi connectivity index (χ4n) is 2.42. The summed E-state index contributed by atoms with van der Waals surface area (Å²) in [6.07, 6.45) is 0. The summed E-state index contributed by atoms with van der Waals surface area (Å²) in [4.78, 5) is 17.0. The minimum atomic E-state index is -0.0124. The van der Waals surface area contributed by atoms with Crippen molar-refractivity contribution in [1.82, 2.24) is 4.90 Å². The van der Waals surface area contributed by atoms with Crippen molar-refractivity contribution in [1.29, 1.82) is 0 Å². The Hall–Kier alpha value is -1.46. The van der Waals surface area contributed by atoms with Gasteiger partial charge in [-0.05, 0) is 43.7 Å². The lowest BCUT2D eigenvalue weighted by Crippen LogP contribution is -2.34. The lowest BCUT2D eigenvalue weighted by Gasteiger charge is -2.23. The second-order valence-corrected chi connectivity index (χ2v) is 7.67.